The molecule has 1 aliphatic rings. The minimum Gasteiger partial charge on any atom is -0.452 e. The fourth-order valence-electron chi connectivity index (χ4n) is 4.82. The number of ether oxygens (including phenoxy) is 1. The number of esters is 1. The highest BCUT2D eigenvalue weighted by atomic mass is 35.5. The average Bonchev–Trinajstić information content (AvgIpc) is 2.91. The van der Waals surface area contributed by atoms with Crippen LogP contribution in [0.2, 0.25) is 10.0 Å². The van der Waals surface area contributed by atoms with Crippen molar-refractivity contribution in [3.63, 3.8) is 0 Å². The van der Waals surface area contributed by atoms with Gasteiger partial charge >= 0.3 is 5.97 Å². The molecule has 0 aliphatic carbocycles. The molecular formula is C29H30Cl2N2O5S. The van der Waals surface area contributed by atoms with E-state index in [0.29, 0.717) is 10.7 Å². The number of benzene rings is 3. The third-order valence-corrected chi connectivity index (χ3v) is 9.33. The van der Waals surface area contributed by atoms with Crippen molar-refractivity contribution >= 4 is 50.8 Å². The van der Waals surface area contributed by atoms with Gasteiger partial charge in [-0.1, -0.05) is 53.5 Å². The molecule has 1 aliphatic heterocycles. The molecule has 206 valence electrons. The van der Waals surface area contributed by atoms with Gasteiger partial charge < -0.3 is 9.64 Å². The molecule has 0 saturated carbocycles. The van der Waals surface area contributed by atoms with E-state index < -0.39 is 22.6 Å². The number of rotatable bonds is 8. The maximum Gasteiger partial charge on any atom is 0.338 e. The van der Waals surface area contributed by atoms with E-state index in [0.717, 1.165) is 24.8 Å². The zero-order chi connectivity index (χ0) is 28.2. The maximum atomic E-state index is 14.0. The summed E-state index contributed by atoms with van der Waals surface area (Å²) in [5.41, 5.74) is 1.10. The van der Waals surface area contributed by atoms with Crippen LogP contribution in [0.15, 0.2) is 77.7 Å². The lowest BCUT2D eigenvalue weighted by Gasteiger charge is -2.38. The summed E-state index contributed by atoms with van der Waals surface area (Å²) < 4.78 is 34.4. The second-order valence-corrected chi connectivity index (χ2v) is 12.3. The Morgan fingerprint density at radius 2 is 1.59 bits per heavy atom. The number of likely N-dealkylation sites (tertiary alicyclic amines) is 1. The van der Waals surface area contributed by atoms with Gasteiger partial charge in [-0.3, -0.25) is 9.10 Å². The number of amides is 1. The number of piperidine rings is 1. The highest BCUT2D eigenvalue weighted by Crippen LogP contribution is 2.32. The van der Waals surface area contributed by atoms with Crippen molar-refractivity contribution in [3.8, 4) is 0 Å². The second-order valence-electron chi connectivity index (χ2n) is 9.62. The van der Waals surface area contributed by atoms with Crippen molar-refractivity contribution in [2.75, 3.05) is 10.9 Å². The number of halogens is 2. The molecule has 39 heavy (non-hydrogen) atoms. The molecule has 3 aromatic carbocycles. The Morgan fingerprint density at radius 1 is 0.949 bits per heavy atom. The lowest BCUT2D eigenvalue weighted by molar-refractivity contribution is -0.140. The summed E-state index contributed by atoms with van der Waals surface area (Å²) in [5, 5.41) is 0.409. The van der Waals surface area contributed by atoms with Gasteiger partial charge in [0.25, 0.3) is 15.9 Å². The topological polar surface area (TPSA) is 84.0 Å². The summed E-state index contributed by atoms with van der Waals surface area (Å²) in [6.07, 6.45) is 2.84. The van der Waals surface area contributed by atoms with Crippen molar-refractivity contribution < 1.29 is 22.7 Å². The summed E-state index contributed by atoms with van der Waals surface area (Å²) in [5.74, 6) is -1.09. The molecule has 0 spiro atoms. The Kier molecular flexibility index (Phi) is 9.20. The van der Waals surface area contributed by atoms with Crippen LogP contribution in [0.5, 0.6) is 0 Å². The average molecular weight is 590 g/mol. The van der Waals surface area contributed by atoms with Gasteiger partial charge in [0.2, 0.25) is 0 Å². The van der Waals surface area contributed by atoms with E-state index in [9.17, 15) is 18.0 Å². The zero-order valence-electron chi connectivity index (χ0n) is 21.7. The first-order valence-corrected chi connectivity index (χ1v) is 14.9. The fourth-order valence-corrected chi connectivity index (χ4v) is 6.90. The number of hydrogen-bond donors (Lipinski definition) is 0. The van der Waals surface area contributed by atoms with Gasteiger partial charge in [-0.05, 0) is 81.1 Å². The minimum atomic E-state index is -4.24. The Morgan fingerprint density at radius 3 is 2.23 bits per heavy atom. The van der Waals surface area contributed by atoms with Crippen molar-refractivity contribution in [1.82, 2.24) is 4.90 Å². The van der Waals surface area contributed by atoms with Crippen LogP contribution in [0.25, 0.3) is 0 Å². The molecule has 3 aromatic rings. The number of hydrogen-bond acceptors (Lipinski definition) is 5. The van der Waals surface area contributed by atoms with Gasteiger partial charge in [0.1, 0.15) is 4.90 Å². The number of sulfonamides is 1. The molecule has 2 atom stereocenters. The van der Waals surface area contributed by atoms with E-state index in [1.54, 1.807) is 29.2 Å². The molecular weight excluding hydrogens is 559 g/mol. The predicted molar refractivity (Wildman–Crippen MR) is 153 cm³/mol. The van der Waals surface area contributed by atoms with Gasteiger partial charge in [0, 0.05) is 17.1 Å². The number of carbonyl (C=O) groups excluding carboxylic acids is 2. The van der Waals surface area contributed by atoms with Crippen LogP contribution >= 0.6 is 23.2 Å². The predicted octanol–water partition coefficient (Wildman–Crippen LogP) is 6.34. The first kappa shape index (κ1) is 28.9. The van der Waals surface area contributed by atoms with E-state index in [4.69, 9.17) is 27.9 Å². The Bertz CT molecular complexity index is 1420. The molecule has 1 amide bonds. The molecule has 7 nitrogen and oxygen atoms in total. The van der Waals surface area contributed by atoms with Gasteiger partial charge in [-0.2, -0.15) is 0 Å². The van der Waals surface area contributed by atoms with Crippen molar-refractivity contribution in [3.05, 3.63) is 94.0 Å². The van der Waals surface area contributed by atoms with Crippen LogP contribution in [0, 0.1) is 0 Å². The molecule has 0 unspecified atom stereocenters. The highest BCUT2D eigenvalue weighted by Gasteiger charge is 2.31. The second kappa shape index (κ2) is 12.4. The number of nitrogens with zero attached hydrogens (tertiary/aromatic N) is 2. The molecule has 10 heteroatoms. The largest absolute Gasteiger partial charge is 0.452 e. The Hall–Kier alpha value is -3.07. The molecule has 1 heterocycles. The lowest BCUT2D eigenvalue weighted by atomic mass is 9.97. The van der Waals surface area contributed by atoms with Gasteiger partial charge in [0.05, 0.1) is 22.8 Å². The molecule has 0 N–H and O–H groups in total. The Labute approximate surface area is 239 Å². The Balaban J connectivity index is 1.60. The molecule has 1 fully saturated rings. The van der Waals surface area contributed by atoms with Crippen molar-refractivity contribution in [1.29, 1.82) is 0 Å². The monoisotopic (exact) mass is 588 g/mol. The summed E-state index contributed by atoms with van der Waals surface area (Å²) in [7, 11) is -4.24. The van der Waals surface area contributed by atoms with Gasteiger partial charge in [-0.25, -0.2) is 13.2 Å². The van der Waals surface area contributed by atoms with Gasteiger partial charge in [-0.15, -0.1) is 0 Å². The van der Waals surface area contributed by atoms with E-state index in [2.05, 4.69) is 0 Å². The first-order chi connectivity index (χ1) is 18.6. The van der Waals surface area contributed by atoms with E-state index in [-0.39, 0.29) is 40.0 Å². The van der Waals surface area contributed by atoms with Crippen molar-refractivity contribution in [2.45, 2.75) is 56.6 Å². The number of carbonyl (C=O) groups is 2. The van der Waals surface area contributed by atoms with Crippen LogP contribution in [0.1, 0.15) is 49.0 Å². The van der Waals surface area contributed by atoms with Crippen LogP contribution in [0.3, 0.4) is 0 Å². The molecule has 0 aromatic heterocycles. The molecule has 4 rings (SSSR count). The fraction of sp³-hybridized carbons (Fsp3) is 0.310. The quantitative estimate of drug-likeness (QED) is 0.287. The summed E-state index contributed by atoms with van der Waals surface area (Å²) in [4.78, 5) is 27.2. The smallest absolute Gasteiger partial charge is 0.338 e. The van der Waals surface area contributed by atoms with Gasteiger partial charge in [0.15, 0.2) is 6.61 Å². The summed E-state index contributed by atoms with van der Waals surface area (Å²) >= 11 is 12.4. The van der Waals surface area contributed by atoms with Crippen LogP contribution in [-0.4, -0.2) is 43.9 Å². The molecule has 0 radical (unpaired) electrons. The normalized spacial score (nSPS) is 17.5. The standard InChI is InChI=1S/C29H30Cl2N2O5S/c1-20-7-6-8-21(2)33(20)28(34)19-38-29(35)23-11-16-26(31)27(17-23)39(36,37)32(18-22-9-4-3-5-10-22)25-14-12-24(30)13-15-25/h3-5,9-17,20-21H,6-8,18-19H2,1-2H3/t20-,21-/m1/s1. The maximum absolute atomic E-state index is 14.0. The zero-order valence-corrected chi connectivity index (χ0v) is 24.0. The lowest BCUT2D eigenvalue weighted by Crippen LogP contribution is -2.49. The SMILES string of the molecule is C[C@@H]1CCC[C@@H](C)N1C(=O)COC(=O)c1ccc(Cl)c(S(=O)(=O)N(Cc2ccccc2)c2ccc(Cl)cc2)c1. The third kappa shape index (κ3) is 6.75. The van der Waals surface area contributed by atoms with Crippen LogP contribution in [0.4, 0.5) is 5.69 Å². The minimum absolute atomic E-state index is 0.0243. The van der Waals surface area contributed by atoms with E-state index in [1.165, 1.54) is 22.5 Å². The summed E-state index contributed by atoms with van der Waals surface area (Å²) in [6.45, 7) is 3.56. The highest BCUT2D eigenvalue weighted by molar-refractivity contribution is 7.93. The molecule has 1 saturated heterocycles. The van der Waals surface area contributed by atoms with Crippen LogP contribution in [-0.2, 0) is 26.1 Å². The van der Waals surface area contributed by atoms with E-state index in [1.807, 2.05) is 44.2 Å². The number of anilines is 1. The first-order valence-electron chi connectivity index (χ1n) is 12.7. The molecule has 0 bridgehead atoms. The third-order valence-electron chi connectivity index (χ3n) is 6.83. The van der Waals surface area contributed by atoms with E-state index >= 15 is 0 Å². The summed E-state index contributed by atoms with van der Waals surface area (Å²) in [6, 6.07) is 19.5. The van der Waals surface area contributed by atoms with Crippen LogP contribution < -0.4 is 4.31 Å². The van der Waals surface area contributed by atoms with Crippen molar-refractivity contribution in [2.24, 2.45) is 0 Å².